The Labute approximate surface area is 60.0 Å². The zero-order chi connectivity index (χ0) is 7.61. The van der Waals surface area contributed by atoms with E-state index in [0.717, 1.165) is 0 Å². The van der Waals surface area contributed by atoms with Crippen molar-refractivity contribution in [3.05, 3.63) is 0 Å². The molecule has 1 N–H and O–H groups in total. The van der Waals surface area contributed by atoms with Crippen molar-refractivity contribution in [1.29, 1.82) is 0 Å². The summed E-state index contributed by atoms with van der Waals surface area (Å²) in [5, 5.41) is 8.77. The number of aliphatic hydroxyl groups is 1. The van der Waals surface area contributed by atoms with Crippen LogP contribution in [0.1, 0.15) is 13.3 Å². The highest BCUT2D eigenvalue weighted by molar-refractivity contribution is 4.86. The van der Waals surface area contributed by atoms with Gasteiger partial charge in [0.15, 0.2) is 0 Å². The van der Waals surface area contributed by atoms with Crippen molar-refractivity contribution in [2.24, 2.45) is 5.92 Å². The van der Waals surface area contributed by atoms with Crippen molar-refractivity contribution in [2.75, 3.05) is 19.9 Å². The van der Waals surface area contributed by atoms with Crippen LogP contribution in [-0.4, -0.2) is 30.6 Å². The van der Waals surface area contributed by atoms with Crippen LogP contribution in [0, 0.1) is 5.92 Å². The van der Waals surface area contributed by atoms with Crippen molar-refractivity contribution in [3.8, 4) is 0 Å². The summed E-state index contributed by atoms with van der Waals surface area (Å²) in [6, 6.07) is 0. The lowest BCUT2D eigenvalue weighted by atomic mass is 9.98. The topological polar surface area (TPSA) is 29.5 Å². The minimum atomic E-state index is -0.862. The van der Waals surface area contributed by atoms with E-state index in [1.807, 2.05) is 6.92 Å². The third-order valence-corrected chi connectivity index (χ3v) is 1.93. The smallest absolute Gasteiger partial charge is 0.121 e. The number of alkyl halides is 1. The molecule has 3 heteroatoms. The summed E-state index contributed by atoms with van der Waals surface area (Å²) >= 11 is 0. The van der Waals surface area contributed by atoms with Gasteiger partial charge in [0.25, 0.3) is 0 Å². The van der Waals surface area contributed by atoms with Crippen LogP contribution in [0.15, 0.2) is 0 Å². The first-order valence-electron chi connectivity index (χ1n) is 3.53. The Balaban J connectivity index is 2.51. The summed E-state index contributed by atoms with van der Waals surface area (Å²) in [5.74, 6) is 0.378. The first kappa shape index (κ1) is 7.95. The van der Waals surface area contributed by atoms with Gasteiger partial charge in [0.1, 0.15) is 12.3 Å². The van der Waals surface area contributed by atoms with Crippen LogP contribution in [0.4, 0.5) is 4.39 Å². The average molecular weight is 148 g/mol. The van der Waals surface area contributed by atoms with Crippen molar-refractivity contribution in [2.45, 2.75) is 18.9 Å². The SMILES string of the molecule is C[C@@H]1CO[C@@](CO)(CF)C1. The molecule has 2 nitrogen and oxygen atoms in total. The Morgan fingerprint density at radius 3 is 2.70 bits per heavy atom. The van der Waals surface area contributed by atoms with Crippen molar-refractivity contribution in [1.82, 2.24) is 0 Å². The molecule has 0 saturated carbocycles. The fourth-order valence-electron chi connectivity index (χ4n) is 1.32. The summed E-state index contributed by atoms with van der Waals surface area (Å²) < 4.78 is 17.4. The molecule has 1 rings (SSSR count). The van der Waals surface area contributed by atoms with Gasteiger partial charge < -0.3 is 9.84 Å². The van der Waals surface area contributed by atoms with Crippen LogP contribution >= 0.6 is 0 Å². The summed E-state index contributed by atoms with van der Waals surface area (Å²) in [5.41, 5.74) is -0.862. The predicted molar refractivity (Wildman–Crippen MR) is 35.5 cm³/mol. The Kier molecular flexibility index (Phi) is 2.26. The summed E-state index contributed by atoms with van der Waals surface area (Å²) in [4.78, 5) is 0. The monoisotopic (exact) mass is 148 g/mol. The maximum Gasteiger partial charge on any atom is 0.121 e. The molecule has 0 unspecified atom stereocenters. The van der Waals surface area contributed by atoms with Crippen molar-refractivity contribution in [3.63, 3.8) is 0 Å². The predicted octanol–water partition coefficient (Wildman–Crippen LogP) is 0.743. The van der Waals surface area contributed by atoms with Gasteiger partial charge in [-0.05, 0) is 12.3 Å². The molecule has 0 aliphatic carbocycles. The van der Waals surface area contributed by atoms with E-state index in [9.17, 15) is 4.39 Å². The average Bonchev–Trinajstić information content (AvgIpc) is 2.33. The lowest BCUT2D eigenvalue weighted by molar-refractivity contribution is -0.0532. The van der Waals surface area contributed by atoms with Crippen LogP contribution in [0.3, 0.4) is 0 Å². The highest BCUT2D eigenvalue weighted by Gasteiger charge is 2.38. The first-order valence-corrected chi connectivity index (χ1v) is 3.53. The summed E-state index contributed by atoms with van der Waals surface area (Å²) in [7, 11) is 0. The summed E-state index contributed by atoms with van der Waals surface area (Å²) in [6.45, 7) is 1.79. The molecule has 2 atom stereocenters. The summed E-state index contributed by atoms with van der Waals surface area (Å²) in [6.07, 6.45) is 0.639. The standard InChI is InChI=1S/C7H13FO2/c1-6-2-7(4-8,5-9)10-3-6/h6,9H,2-5H2,1H3/t6-,7+/m0/s1. The van der Waals surface area contributed by atoms with Crippen LogP contribution in [0.25, 0.3) is 0 Å². The molecule has 0 aromatic rings. The second kappa shape index (κ2) is 2.84. The largest absolute Gasteiger partial charge is 0.393 e. The van der Waals surface area contributed by atoms with Gasteiger partial charge in [-0.15, -0.1) is 0 Å². The number of aliphatic hydroxyl groups excluding tert-OH is 1. The van der Waals surface area contributed by atoms with Gasteiger partial charge in [0, 0.05) is 0 Å². The Morgan fingerprint density at radius 2 is 2.50 bits per heavy atom. The molecule has 10 heavy (non-hydrogen) atoms. The van der Waals surface area contributed by atoms with Crippen molar-refractivity contribution >= 4 is 0 Å². The molecule has 0 radical (unpaired) electrons. The molecule has 60 valence electrons. The second-order valence-corrected chi connectivity index (χ2v) is 3.10. The molecule has 1 aliphatic rings. The molecule has 1 heterocycles. The highest BCUT2D eigenvalue weighted by Crippen LogP contribution is 2.29. The third-order valence-electron chi connectivity index (χ3n) is 1.93. The molecule has 0 aromatic heterocycles. The maximum absolute atomic E-state index is 12.2. The lowest BCUT2D eigenvalue weighted by Gasteiger charge is -2.21. The highest BCUT2D eigenvalue weighted by atomic mass is 19.1. The molecule has 1 saturated heterocycles. The molecule has 0 amide bonds. The van der Waals surface area contributed by atoms with Gasteiger partial charge in [-0.1, -0.05) is 6.92 Å². The number of hydrogen-bond acceptors (Lipinski definition) is 2. The van der Waals surface area contributed by atoms with Crippen LogP contribution in [0.2, 0.25) is 0 Å². The number of hydrogen-bond donors (Lipinski definition) is 1. The molecule has 1 aliphatic heterocycles. The minimum Gasteiger partial charge on any atom is -0.393 e. The zero-order valence-corrected chi connectivity index (χ0v) is 6.14. The van der Waals surface area contributed by atoms with E-state index in [-0.39, 0.29) is 6.61 Å². The van der Waals surface area contributed by atoms with E-state index < -0.39 is 12.3 Å². The molecule has 0 spiro atoms. The van der Waals surface area contributed by atoms with Gasteiger partial charge in [-0.3, -0.25) is 0 Å². The number of ether oxygens (including phenoxy) is 1. The zero-order valence-electron chi connectivity index (χ0n) is 6.14. The molecule has 0 bridgehead atoms. The first-order chi connectivity index (χ1) is 4.72. The number of rotatable bonds is 2. The van der Waals surface area contributed by atoms with Crippen LogP contribution < -0.4 is 0 Å². The van der Waals surface area contributed by atoms with E-state index in [0.29, 0.717) is 18.9 Å². The maximum atomic E-state index is 12.2. The third kappa shape index (κ3) is 1.30. The van der Waals surface area contributed by atoms with Crippen LogP contribution in [0.5, 0.6) is 0 Å². The lowest BCUT2D eigenvalue weighted by Crippen LogP contribution is -2.34. The van der Waals surface area contributed by atoms with Gasteiger partial charge >= 0.3 is 0 Å². The van der Waals surface area contributed by atoms with Crippen molar-refractivity contribution < 1.29 is 14.2 Å². The Bertz CT molecular complexity index is 112. The van der Waals surface area contributed by atoms with E-state index in [1.165, 1.54) is 0 Å². The fraction of sp³-hybridized carbons (Fsp3) is 1.00. The van der Waals surface area contributed by atoms with E-state index >= 15 is 0 Å². The van der Waals surface area contributed by atoms with Gasteiger partial charge in [-0.25, -0.2) is 4.39 Å². The Hall–Kier alpha value is -0.150. The number of halogens is 1. The fourth-order valence-corrected chi connectivity index (χ4v) is 1.32. The molecular formula is C7H13FO2. The van der Waals surface area contributed by atoms with E-state index in [4.69, 9.17) is 9.84 Å². The van der Waals surface area contributed by atoms with Gasteiger partial charge in [-0.2, -0.15) is 0 Å². The van der Waals surface area contributed by atoms with Gasteiger partial charge in [0.2, 0.25) is 0 Å². The molecule has 1 fully saturated rings. The normalized spacial score (nSPS) is 40.5. The quantitative estimate of drug-likeness (QED) is 0.626. The van der Waals surface area contributed by atoms with E-state index in [2.05, 4.69) is 0 Å². The van der Waals surface area contributed by atoms with E-state index in [1.54, 1.807) is 0 Å². The van der Waals surface area contributed by atoms with Gasteiger partial charge in [0.05, 0.1) is 13.2 Å². The minimum absolute atomic E-state index is 0.201. The second-order valence-electron chi connectivity index (χ2n) is 3.10. The molecular weight excluding hydrogens is 135 g/mol. The van der Waals surface area contributed by atoms with Crippen LogP contribution in [-0.2, 0) is 4.74 Å². The Morgan fingerprint density at radius 1 is 1.80 bits per heavy atom. The molecule has 0 aromatic carbocycles.